The van der Waals surface area contributed by atoms with Crippen LogP contribution in [0.4, 0.5) is 13.2 Å². The van der Waals surface area contributed by atoms with Crippen LogP contribution >= 0.6 is 15.9 Å². The molecule has 0 bridgehead atoms. The zero-order valence-electron chi connectivity index (χ0n) is 15.9. The molecule has 0 aromatic heterocycles. The predicted octanol–water partition coefficient (Wildman–Crippen LogP) is 4.04. The molecule has 1 aromatic rings. The number of alkyl halides is 4. The molecule has 0 spiro atoms. The van der Waals surface area contributed by atoms with Gasteiger partial charge in [0.05, 0.1) is 23.9 Å². The van der Waals surface area contributed by atoms with Crippen LogP contribution in [-0.2, 0) is 26.2 Å². The molecular weight excluding hydrogens is 439 g/mol. The monoisotopic (exact) mass is 463 g/mol. The second-order valence-corrected chi connectivity index (χ2v) is 7.60. The lowest BCUT2D eigenvalue weighted by Gasteiger charge is -2.41. The van der Waals surface area contributed by atoms with Gasteiger partial charge in [0, 0.05) is 6.42 Å². The van der Waals surface area contributed by atoms with E-state index >= 15 is 0 Å². The SMILES string of the molecule is CCOC(=O)CCc1cccc(C2(C(=O)CBr)CCN(CC(F)(F)F)CC2)c1. The maximum absolute atomic E-state index is 12.8. The summed E-state index contributed by atoms with van der Waals surface area (Å²) in [6.07, 6.45) is -2.82. The molecule has 8 heteroatoms. The van der Waals surface area contributed by atoms with E-state index in [2.05, 4.69) is 15.9 Å². The van der Waals surface area contributed by atoms with Gasteiger partial charge in [0.15, 0.2) is 5.78 Å². The highest BCUT2D eigenvalue weighted by molar-refractivity contribution is 9.09. The summed E-state index contributed by atoms with van der Waals surface area (Å²) in [4.78, 5) is 25.7. The highest BCUT2D eigenvalue weighted by Crippen LogP contribution is 2.38. The Morgan fingerprint density at radius 1 is 1.25 bits per heavy atom. The standard InChI is InChI=1S/C20H25BrF3NO3/c1-2-28-18(27)7-6-15-4-3-5-16(12-15)19(17(26)13-21)8-10-25(11-9-19)14-20(22,23)24/h3-5,12H,2,6-11,13-14H2,1H3. The summed E-state index contributed by atoms with van der Waals surface area (Å²) in [6, 6.07) is 7.47. The number of hydrogen-bond donors (Lipinski definition) is 0. The van der Waals surface area contributed by atoms with Gasteiger partial charge in [0.25, 0.3) is 0 Å². The summed E-state index contributed by atoms with van der Waals surface area (Å²) in [5.74, 6) is -0.304. The molecule has 1 aromatic carbocycles. The van der Waals surface area contributed by atoms with Crippen molar-refractivity contribution in [3.63, 3.8) is 0 Å². The van der Waals surface area contributed by atoms with Crippen molar-refractivity contribution < 1.29 is 27.5 Å². The van der Waals surface area contributed by atoms with Crippen molar-refractivity contribution in [2.75, 3.05) is 31.6 Å². The fraction of sp³-hybridized carbons (Fsp3) is 0.600. The third-order valence-electron chi connectivity index (χ3n) is 5.17. The van der Waals surface area contributed by atoms with Gasteiger partial charge in [-0.05, 0) is 50.4 Å². The first-order valence-electron chi connectivity index (χ1n) is 9.33. The fourth-order valence-electron chi connectivity index (χ4n) is 3.71. The van der Waals surface area contributed by atoms with Gasteiger partial charge in [-0.1, -0.05) is 40.2 Å². The highest BCUT2D eigenvalue weighted by Gasteiger charge is 2.43. The van der Waals surface area contributed by atoms with Crippen LogP contribution in [0.5, 0.6) is 0 Å². The first-order chi connectivity index (χ1) is 13.2. The molecule has 1 aliphatic rings. The molecule has 4 nitrogen and oxygen atoms in total. The molecule has 1 aliphatic heterocycles. The topological polar surface area (TPSA) is 46.6 Å². The Morgan fingerprint density at radius 3 is 2.50 bits per heavy atom. The minimum absolute atomic E-state index is 0.0262. The molecule has 1 heterocycles. The molecule has 2 rings (SSSR count). The second kappa shape index (κ2) is 9.87. The number of ketones is 1. The summed E-state index contributed by atoms with van der Waals surface area (Å²) in [5.41, 5.74) is 0.918. The summed E-state index contributed by atoms with van der Waals surface area (Å²) < 4.78 is 43.0. The summed E-state index contributed by atoms with van der Waals surface area (Å²) in [5, 5.41) is 0.152. The van der Waals surface area contributed by atoms with E-state index < -0.39 is 18.1 Å². The number of carbonyl (C=O) groups excluding carboxylic acids is 2. The van der Waals surface area contributed by atoms with Gasteiger partial charge in [0.1, 0.15) is 0 Å². The van der Waals surface area contributed by atoms with E-state index in [9.17, 15) is 22.8 Å². The quantitative estimate of drug-likeness (QED) is 0.431. The minimum Gasteiger partial charge on any atom is -0.466 e. The van der Waals surface area contributed by atoms with E-state index in [4.69, 9.17) is 4.74 Å². The molecule has 0 saturated carbocycles. The number of rotatable bonds is 8. The molecule has 156 valence electrons. The molecule has 0 N–H and O–H groups in total. The van der Waals surface area contributed by atoms with Crippen LogP contribution in [0.3, 0.4) is 0 Å². The van der Waals surface area contributed by atoms with Crippen molar-refractivity contribution >= 4 is 27.7 Å². The molecule has 1 saturated heterocycles. The van der Waals surface area contributed by atoms with Gasteiger partial charge in [-0.3, -0.25) is 14.5 Å². The lowest BCUT2D eigenvalue weighted by molar-refractivity contribution is -0.150. The highest BCUT2D eigenvalue weighted by atomic mass is 79.9. The Balaban J connectivity index is 2.17. The minimum atomic E-state index is -4.24. The van der Waals surface area contributed by atoms with Crippen molar-refractivity contribution in [1.82, 2.24) is 4.90 Å². The smallest absolute Gasteiger partial charge is 0.401 e. The van der Waals surface area contributed by atoms with Crippen LogP contribution in [0, 0.1) is 0 Å². The van der Waals surface area contributed by atoms with Crippen LogP contribution in [0.1, 0.15) is 37.3 Å². The zero-order chi connectivity index (χ0) is 20.8. The Hall–Kier alpha value is -1.41. The number of esters is 1. The van der Waals surface area contributed by atoms with E-state index in [1.54, 1.807) is 6.92 Å². The largest absolute Gasteiger partial charge is 0.466 e. The van der Waals surface area contributed by atoms with Gasteiger partial charge in [-0.25, -0.2) is 0 Å². The van der Waals surface area contributed by atoms with Crippen LogP contribution in [-0.4, -0.2) is 54.4 Å². The molecule has 0 radical (unpaired) electrons. The molecule has 0 amide bonds. The Morgan fingerprint density at radius 2 is 1.93 bits per heavy atom. The number of piperidine rings is 1. The van der Waals surface area contributed by atoms with Crippen molar-refractivity contribution in [3.8, 4) is 0 Å². The number of likely N-dealkylation sites (tertiary alicyclic amines) is 1. The van der Waals surface area contributed by atoms with Crippen LogP contribution in [0.2, 0.25) is 0 Å². The zero-order valence-corrected chi connectivity index (χ0v) is 17.4. The fourth-order valence-corrected chi connectivity index (χ4v) is 4.24. The van der Waals surface area contributed by atoms with Gasteiger partial charge < -0.3 is 4.74 Å². The summed E-state index contributed by atoms with van der Waals surface area (Å²) >= 11 is 3.23. The van der Waals surface area contributed by atoms with Gasteiger partial charge in [-0.15, -0.1) is 0 Å². The Bertz CT molecular complexity index is 686. The third-order valence-corrected chi connectivity index (χ3v) is 5.68. The number of aryl methyl sites for hydroxylation is 1. The molecule has 28 heavy (non-hydrogen) atoms. The van der Waals surface area contributed by atoms with E-state index in [1.807, 2.05) is 24.3 Å². The van der Waals surface area contributed by atoms with E-state index in [-0.39, 0.29) is 36.6 Å². The number of Topliss-reactive ketones (excluding diaryl/α,β-unsaturated/α-hetero) is 1. The Labute approximate surface area is 171 Å². The van der Waals surface area contributed by atoms with Crippen molar-refractivity contribution in [2.24, 2.45) is 0 Å². The molecule has 0 unspecified atom stereocenters. The lowest BCUT2D eigenvalue weighted by Crippen LogP contribution is -2.49. The summed E-state index contributed by atoms with van der Waals surface area (Å²) in [6.45, 7) is 1.55. The number of nitrogens with zero attached hydrogens (tertiary/aromatic N) is 1. The maximum atomic E-state index is 12.8. The van der Waals surface area contributed by atoms with Gasteiger partial charge in [-0.2, -0.15) is 13.2 Å². The number of hydrogen-bond acceptors (Lipinski definition) is 4. The number of carbonyl (C=O) groups is 2. The van der Waals surface area contributed by atoms with Crippen LogP contribution in [0.25, 0.3) is 0 Å². The summed E-state index contributed by atoms with van der Waals surface area (Å²) in [7, 11) is 0. The average molecular weight is 464 g/mol. The second-order valence-electron chi connectivity index (χ2n) is 7.04. The van der Waals surface area contributed by atoms with Crippen molar-refractivity contribution in [1.29, 1.82) is 0 Å². The lowest BCUT2D eigenvalue weighted by atomic mass is 9.69. The third kappa shape index (κ3) is 6.04. The van der Waals surface area contributed by atoms with Crippen LogP contribution in [0.15, 0.2) is 24.3 Å². The maximum Gasteiger partial charge on any atom is 0.401 e. The van der Waals surface area contributed by atoms with E-state index in [0.29, 0.717) is 25.9 Å². The normalized spacial score (nSPS) is 17.3. The number of halogens is 4. The number of ether oxygens (including phenoxy) is 1. The van der Waals surface area contributed by atoms with Crippen molar-refractivity contribution in [2.45, 2.75) is 44.2 Å². The van der Waals surface area contributed by atoms with Gasteiger partial charge in [0.2, 0.25) is 0 Å². The van der Waals surface area contributed by atoms with Crippen molar-refractivity contribution in [3.05, 3.63) is 35.4 Å². The predicted molar refractivity (Wildman–Crippen MR) is 104 cm³/mol. The average Bonchev–Trinajstić information content (AvgIpc) is 2.66. The Kier molecular flexibility index (Phi) is 8.07. The first kappa shape index (κ1) is 22.9. The number of benzene rings is 1. The van der Waals surface area contributed by atoms with E-state index in [1.165, 1.54) is 4.90 Å². The van der Waals surface area contributed by atoms with E-state index in [0.717, 1.165) is 11.1 Å². The molecular formula is C20H25BrF3NO3. The van der Waals surface area contributed by atoms with Gasteiger partial charge >= 0.3 is 12.1 Å². The molecule has 0 atom stereocenters. The molecule has 1 fully saturated rings. The van der Waals surface area contributed by atoms with Crippen LogP contribution < -0.4 is 0 Å². The molecule has 0 aliphatic carbocycles. The first-order valence-corrected chi connectivity index (χ1v) is 10.5.